The number of rotatable bonds is 4. The second kappa shape index (κ2) is 5.96. The van der Waals surface area contributed by atoms with Gasteiger partial charge in [0.05, 0.1) is 10.8 Å². The van der Waals surface area contributed by atoms with E-state index in [1.165, 1.54) is 6.07 Å². The Balaban J connectivity index is 2.04. The van der Waals surface area contributed by atoms with E-state index in [0.29, 0.717) is 25.1 Å². The highest BCUT2D eigenvalue weighted by Gasteiger charge is 2.25. The van der Waals surface area contributed by atoms with E-state index < -0.39 is 28.3 Å². The molecule has 1 fully saturated rings. The van der Waals surface area contributed by atoms with Gasteiger partial charge in [0.25, 0.3) is 0 Å². The van der Waals surface area contributed by atoms with Crippen LogP contribution in [0, 0.1) is 21.8 Å². The highest BCUT2D eigenvalue weighted by molar-refractivity contribution is 5.70. The van der Waals surface area contributed by atoms with Crippen molar-refractivity contribution in [2.24, 2.45) is 5.92 Å². The summed E-state index contributed by atoms with van der Waals surface area (Å²) in [7, 11) is 0. The van der Waals surface area contributed by atoms with Crippen molar-refractivity contribution in [2.45, 2.75) is 19.4 Å². The van der Waals surface area contributed by atoms with Crippen molar-refractivity contribution in [1.29, 1.82) is 0 Å². The number of aliphatic carboxylic acids is 1. The van der Waals surface area contributed by atoms with Crippen LogP contribution in [0.15, 0.2) is 18.2 Å². The summed E-state index contributed by atoms with van der Waals surface area (Å²) in [6.07, 6.45) is 1.44. The Morgan fingerprint density at radius 1 is 1.55 bits per heavy atom. The van der Waals surface area contributed by atoms with Crippen LogP contribution in [-0.2, 0) is 11.3 Å². The normalized spacial score (nSPS) is 19.8. The molecule has 1 saturated heterocycles. The molecule has 6 nitrogen and oxygen atoms in total. The Bertz CT molecular complexity index is 535. The number of carboxylic acids is 1. The van der Waals surface area contributed by atoms with Crippen molar-refractivity contribution in [3.63, 3.8) is 0 Å². The lowest BCUT2D eigenvalue weighted by Gasteiger charge is -2.30. The predicted octanol–water partition coefficient (Wildman–Crippen LogP) is 2.03. The average Bonchev–Trinajstić information content (AvgIpc) is 2.38. The number of likely N-dealkylation sites (tertiary alicyclic amines) is 1. The zero-order valence-corrected chi connectivity index (χ0v) is 10.8. The van der Waals surface area contributed by atoms with Gasteiger partial charge in [0.2, 0.25) is 5.82 Å². The van der Waals surface area contributed by atoms with Gasteiger partial charge in [-0.05, 0) is 31.0 Å². The Kier molecular flexibility index (Phi) is 4.29. The highest BCUT2D eigenvalue weighted by Crippen LogP contribution is 2.22. The summed E-state index contributed by atoms with van der Waals surface area (Å²) in [6, 6.07) is 3.79. The minimum absolute atomic E-state index is 0.397. The molecule has 0 spiro atoms. The molecule has 108 valence electrons. The van der Waals surface area contributed by atoms with Crippen molar-refractivity contribution in [3.05, 3.63) is 39.7 Å². The van der Waals surface area contributed by atoms with Gasteiger partial charge in [-0.15, -0.1) is 0 Å². The summed E-state index contributed by atoms with van der Waals surface area (Å²) >= 11 is 0. The summed E-state index contributed by atoms with van der Waals surface area (Å²) in [5.41, 5.74) is 0.0648. The number of piperidine rings is 1. The molecule has 0 radical (unpaired) electrons. The van der Waals surface area contributed by atoms with Crippen LogP contribution < -0.4 is 0 Å². The van der Waals surface area contributed by atoms with E-state index in [1.807, 2.05) is 4.90 Å². The number of nitrogens with zero attached hydrogens (tertiary/aromatic N) is 2. The second-order valence-corrected chi connectivity index (χ2v) is 4.96. The maximum Gasteiger partial charge on any atom is 0.307 e. The Hall–Kier alpha value is -2.02. The number of benzene rings is 1. The topological polar surface area (TPSA) is 83.7 Å². The Morgan fingerprint density at radius 3 is 2.90 bits per heavy atom. The summed E-state index contributed by atoms with van der Waals surface area (Å²) in [5, 5.41) is 19.5. The van der Waals surface area contributed by atoms with E-state index in [2.05, 4.69) is 0 Å². The Labute approximate surface area is 115 Å². The first-order valence-electron chi connectivity index (χ1n) is 6.35. The molecule has 7 heteroatoms. The summed E-state index contributed by atoms with van der Waals surface area (Å²) in [4.78, 5) is 22.7. The van der Waals surface area contributed by atoms with Crippen LogP contribution in [-0.4, -0.2) is 34.0 Å². The summed E-state index contributed by atoms with van der Waals surface area (Å²) < 4.78 is 13.5. The fourth-order valence-corrected chi connectivity index (χ4v) is 2.46. The van der Waals surface area contributed by atoms with Crippen molar-refractivity contribution in [3.8, 4) is 0 Å². The molecule has 1 aliphatic rings. The van der Waals surface area contributed by atoms with Crippen molar-refractivity contribution in [1.82, 2.24) is 4.90 Å². The van der Waals surface area contributed by atoms with Gasteiger partial charge in [0, 0.05) is 19.2 Å². The van der Waals surface area contributed by atoms with Crippen LogP contribution in [0.3, 0.4) is 0 Å². The molecule has 0 saturated carbocycles. The van der Waals surface area contributed by atoms with Gasteiger partial charge < -0.3 is 5.11 Å². The molecule has 1 aliphatic heterocycles. The molecule has 0 unspecified atom stereocenters. The van der Waals surface area contributed by atoms with E-state index in [0.717, 1.165) is 25.1 Å². The summed E-state index contributed by atoms with van der Waals surface area (Å²) in [5.74, 6) is -2.07. The number of hydrogen-bond donors (Lipinski definition) is 1. The minimum atomic E-state index is -0.862. The van der Waals surface area contributed by atoms with Crippen LogP contribution in [0.2, 0.25) is 0 Å². The highest BCUT2D eigenvalue weighted by atomic mass is 19.1. The monoisotopic (exact) mass is 282 g/mol. The van der Waals surface area contributed by atoms with E-state index in [-0.39, 0.29) is 0 Å². The van der Waals surface area contributed by atoms with E-state index >= 15 is 0 Å². The van der Waals surface area contributed by atoms with Crippen molar-refractivity contribution < 1.29 is 19.2 Å². The number of carbonyl (C=O) groups is 1. The smallest absolute Gasteiger partial charge is 0.307 e. The third-order valence-electron chi connectivity index (χ3n) is 3.47. The largest absolute Gasteiger partial charge is 0.481 e. The van der Waals surface area contributed by atoms with Crippen molar-refractivity contribution >= 4 is 11.7 Å². The molecule has 0 amide bonds. The molecule has 20 heavy (non-hydrogen) atoms. The van der Waals surface area contributed by atoms with Gasteiger partial charge in [0.1, 0.15) is 0 Å². The number of nitro benzene ring substituents is 1. The zero-order chi connectivity index (χ0) is 14.7. The third kappa shape index (κ3) is 3.30. The first-order valence-corrected chi connectivity index (χ1v) is 6.35. The lowest BCUT2D eigenvalue weighted by atomic mass is 9.98. The van der Waals surface area contributed by atoms with E-state index in [9.17, 15) is 19.3 Å². The number of halogens is 1. The lowest BCUT2D eigenvalue weighted by Crippen LogP contribution is -2.38. The fourth-order valence-electron chi connectivity index (χ4n) is 2.46. The summed E-state index contributed by atoms with van der Waals surface area (Å²) in [6.45, 7) is 1.58. The van der Waals surface area contributed by atoms with Gasteiger partial charge in [-0.1, -0.05) is 6.07 Å². The minimum Gasteiger partial charge on any atom is -0.481 e. The molecule has 1 heterocycles. The zero-order valence-electron chi connectivity index (χ0n) is 10.8. The maximum absolute atomic E-state index is 13.5. The molecular formula is C13H15FN2O4. The molecule has 1 aromatic rings. The number of nitro groups is 1. The molecular weight excluding hydrogens is 267 g/mol. The maximum atomic E-state index is 13.5. The lowest BCUT2D eigenvalue weighted by molar-refractivity contribution is -0.387. The number of hydrogen-bond acceptors (Lipinski definition) is 4. The predicted molar refractivity (Wildman–Crippen MR) is 68.7 cm³/mol. The van der Waals surface area contributed by atoms with Gasteiger partial charge in [-0.3, -0.25) is 19.8 Å². The van der Waals surface area contributed by atoms with Crippen LogP contribution in [0.25, 0.3) is 0 Å². The molecule has 0 bridgehead atoms. The van der Waals surface area contributed by atoms with Crippen LogP contribution in [0.4, 0.5) is 10.1 Å². The first kappa shape index (κ1) is 14.4. The fraction of sp³-hybridized carbons (Fsp3) is 0.462. The second-order valence-electron chi connectivity index (χ2n) is 4.96. The molecule has 1 aromatic carbocycles. The van der Waals surface area contributed by atoms with Gasteiger partial charge in [0.15, 0.2) is 0 Å². The van der Waals surface area contributed by atoms with Crippen molar-refractivity contribution in [2.75, 3.05) is 13.1 Å². The SMILES string of the molecule is O=C(O)[C@H]1CCCN(Cc2ccc([N+](=O)[O-])c(F)c2)C1. The third-order valence-corrected chi connectivity index (χ3v) is 3.47. The van der Waals surface area contributed by atoms with Gasteiger partial charge in [-0.2, -0.15) is 4.39 Å². The van der Waals surface area contributed by atoms with Gasteiger partial charge in [-0.25, -0.2) is 0 Å². The Morgan fingerprint density at radius 2 is 2.30 bits per heavy atom. The number of carboxylic acid groups (broad SMARTS) is 1. The molecule has 0 aliphatic carbocycles. The first-order chi connectivity index (χ1) is 9.47. The molecule has 1 N–H and O–H groups in total. The standard InChI is InChI=1S/C13H15FN2O4/c14-11-6-9(3-4-12(11)16(19)20)7-15-5-1-2-10(8-15)13(17)18/h3-4,6,10H,1-2,5,7-8H2,(H,17,18)/t10-/m0/s1. The van der Waals surface area contributed by atoms with Crippen LogP contribution >= 0.6 is 0 Å². The van der Waals surface area contributed by atoms with Gasteiger partial charge >= 0.3 is 11.7 Å². The molecule has 0 aromatic heterocycles. The van der Waals surface area contributed by atoms with Crippen LogP contribution in [0.5, 0.6) is 0 Å². The van der Waals surface area contributed by atoms with E-state index in [1.54, 1.807) is 0 Å². The average molecular weight is 282 g/mol. The van der Waals surface area contributed by atoms with E-state index in [4.69, 9.17) is 5.11 Å². The quantitative estimate of drug-likeness (QED) is 0.674. The van der Waals surface area contributed by atoms with Crippen LogP contribution in [0.1, 0.15) is 18.4 Å². The molecule has 2 rings (SSSR count). The molecule has 1 atom stereocenters.